The fraction of sp³-hybridized carbons (Fsp3) is 0.474. The molecule has 0 saturated heterocycles. The van der Waals surface area contributed by atoms with Gasteiger partial charge in [-0.25, -0.2) is 0 Å². The Balaban J connectivity index is 0.00000200. The molecule has 0 aromatic heterocycles. The zero-order valence-electron chi connectivity index (χ0n) is 12.2. The van der Waals surface area contributed by atoms with Crippen molar-refractivity contribution in [1.29, 1.82) is 0 Å². The number of fused-ring (bicyclic) bond motifs is 1. The van der Waals surface area contributed by atoms with Gasteiger partial charge in [0.05, 0.1) is 0 Å². The second kappa shape index (κ2) is 10.4. The Kier molecular flexibility index (Phi) is 9.26. The van der Waals surface area contributed by atoms with Gasteiger partial charge in [-0.15, -0.1) is 0 Å². The molecule has 1 heteroatoms. The van der Waals surface area contributed by atoms with Crippen LogP contribution in [0.2, 0.25) is 0 Å². The Hall–Kier alpha value is -0.300. The summed E-state index contributed by atoms with van der Waals surface area (Å²) in [5, 5.41) is 2.82. The summed E-state index contributed by atoms with van der Waals surface area (Å²) in [7, 11) is 0. The molecule has 0 N–H and O–H groups in total. The van der Waals surface area contributed by atoms with E-state index in [9.17, 15) is 0 Å². The van der Waals surface area contributed by atoms with Gasteiger partial charge in [-0.3, -0.25) is 0 Å². The minimum atomic E-state index is 0. The van der Waals surface area contributed by atoms with Crippen molar-refractivity contribution in [2.45, 2.75) is 58.3 Å². The third-order valence-corrected chi connectivity index (χ3v) is 3.93. The van der Waals surface area contributed by atoms with Crippen molar-refractivity contribution >= 4 is 40.3 Å². The second-order valence-corrected chi connectivity index (χ2v) is 5.51. The van der Waals surface area contributed by atoms with Gasteiger partial charge in [-0.05, 0) is 29.2 Å². The first-order chi connectivity index (χ1) is 9.42. The molecule has 0 heterocycles. The van der Waals surface area contributed by atoms with Crippen LogP contribution in [0.5, 0.6) is 0 Å². The van der Waals surface area contributed by atoms with Gasteiger partial charge in [0, 0.05) is 0 Å². The fourth-order valence-electron chi connectivity index (χ4n) is 2.78. The van der Waals surface area contributed by atoms with Crippen LogP contribution in [0.1, 0.15) is 57.4 Å². The normalized spacial score (nSPS) is 10.4. The molecular formula is C19H27Na. The average Bonchev–Trinajstić information content (AvgIpc) is 2.46. The average molecular weight is 278 g/mol. The van der Waals surface area contributed by atoms with Gasteiger partial charge in [0.2, 0.25) is 0 Å². The first-order valence-corrected chi connectivity index (χ1v) is 7.88. The molecule has 0 unspecified atom stereocenters. The number of unbranched alkanes of at least 4 members (excludes halogenated alkanes) is 6. The number of benzene rings is 2. The quantitative estimate of drug-likeness (QED) is 0.443. The molecule has 0 radical (unpaired) electrons. The fourth-order valence-corrected chi connectivity index (χ4v) is 2.78. The molecule has 0 fully saturated rings. The monoisotopic (exact) mass is 278 g/mol. The first-order valence-electron chi connectivity index (χ1n) is 7.88. The summed E-state index contributed by atoms with van der Waals surface area (Å²) >= 11 is 0. The molecule has 0 atom stereocenters. The van der Waals surface area contributed by atoms with Crippen LogP contribution in [0.3, 0.4) is 0 Å². The van der Waals surface area contributed by atoms with Gasteiger partial charge >= 0.3 is 29.6 Å². The van der Waals surface area contributed by atoms with Crippen LogP contribution in [0.25, 0.3) is 10.8 Å². The number of rotatable bonds is 8. The zero-order chi connectivity index (χ0) is 13.3. The summed E-state index contributed by atoms with van der Waals surface area (Å²) in [5.74, 6) is 0. The topological polar surface area (TPSA) is 0 Å². The van der Waals surface area contributed by atoms with Crippen molar-refractivity contribution in [3.05, 3.63) is 48.0 Å². The first kappa shape index (κ1) is 17.8. The molecule has 2 aromatic carbocycles. The molecule has 104 valence electrons. The van der Waals surface area contributed by atoms with Crippen molar-refractivity contribution < 1.29 is 0 Å². The van der Waals surface area contributed by atoms with E-state index in [1.165, 1.54) is 67.7 Å². The Morgan fingerprint density at radius 2 is 1.35 bits per heavy atom. The van der Waals surface area contributed by atoms with Gasteiger partial charge in [-0.2, -0.15) is 0 Å². The number of aryl methyl sites for hydroxylation is 1. The van der Waals surface area contributed by atoms with Crippen molar-refractivity contribution in [2.75, 3.05) is 0 Å². The van der Waals surface area contributed by atoms with Crippen molar-refractivity contribution in [1.82, 2.24) is 0 Å². The molecule has 0 bridgehead atoms. The summed E-state index contributed by atoms with van der Waals surface area (Å²) in [5.41, 5.74) is 1.52. The van der Waals surface area contributed by atoms with E-state index in [4.69, 9.17) is 0 Å². The molecule has 0 saturated carbocycles. The van der Waals surface area contributed by atoms with E-state index in [1.54, 1.807) is 0 Å². The van der Waals surface area contributed by atoms with E-state index in [0.29, 0.717) is 0 Å². The number of hydrogen-bond donors (Lipinski definition) is 0. The zero-order valence-corrected chi connectivity index (χ0v) is 12.2. The SMILES string of the molecule is CCCCCCCCCc1cccc2ccccc12.[NaH]. The van der Waals surface area contributed by atoms with Crippen LogP contribution in [0, 0.1) is 0 Å². The van der Waals surface area contributed by atoms with Crippen LogP contribution in [0.4, 0.5) is 0 Å². The third-order valence-electron chi connectivity index (χ3n) is 3.93. The molecular weight excluding hydrogens is 251 g/mol. The van der Waals surface area contributed by atoms with E-state index in [0.717, 1.165) is 0 Å². The molecule has 2 rings (SSSR count). The van der Waals surface area contributed by atoms with Crippen LogP contribution >= 0.6 is 0 Å². The molecule has 0 aliphatic rings. The third kappa shape index (κ3) is 5.60. The van der Waals surface area contributed by atoms with E-state index < -0.39 is 0 Å². The van der Waals surface area contributed by atoms with Crippen LogP contribution in [-0.4, -0.2) is 29.6 Å². The summed E-state index contributed by atoms with van der Waals surface area (Å²) < 4.78 is 0. The minimum absolute atomic E-state index is 0. The van der Waals surface area contributed by atoms with E-state index in [-0.39, 0.29) is 29.6 Å². The van der Waals surface area contributed by atoms with Gasteiger partial charge in [0.1, 0.15) is 0 Å². The van der Waals surface area contributed by atoms with E-state index >= 15 is 0 Å². The molecule has 2 aromatic rings. The Labute approximate surface area is 146 Å². The van der Waals surface area contributed by atoms with Crippen LogP contribution in [-0.2, 0) is 6.42 Å². The number of hydrogen-bond acceptors (Lipinski definition) is 0. The summed E-state index contributed by atoms with van der Waals surface area (Å²) in [4.78, 5) is 0. The summed E-state index contributed by atoms with van der Waals surface area (Å²) in [6, 6.07) is 15.4. The van der Waals surface area contributed by atoms with Gasteiger partial charge in [0.25, 0.3) is 0 Å². The predicted octanol–water partition coefficient (Wildman–Crippen LogP) is 5.48. The molecule has 0 aliphatic heterocycles. The molecule has 0 nitrogen and oxygen atoms in total. The van der Waals surface area contributed by atoms with Crippen molar-refractivity contribution in [3.8, 4) is 0 Å². The maximum absolute atomic E-state index is 2.29. The van der Waals surface area contributed by atoms with Crippen molar-refractivity contribution in [2.24, 2.45) is 0 Å². The molecule has 0 aliphatic carbocycles. The van der Waals surface area contributed by atoms with Gasteiger partial charge < -0.3 is 0 Å². The second-order valence-electron chi connectivity index (χ2n) is 5.51. The summed E-state index contributed by atoms with van der Waals surface area (Å²) in [6.07, 6.45) is 10.9. The Bertz CT molecular complexity index is 485. The van der Waals surface area contributed by atoms with E-state index in [2.05, 4.69) is 49.4 Å². The van der Waals surface area contributed by atoms with Crippen LogP contribution in [0.15, 0.2) is 42.5 Å². The van der Waals surface area contributed by atoms with Gasteiger partial charge in [-0.1, -0.05) is 87.9 Å². The van der Waals surface area contributed by atoms with E-state index in [1.807, 2.05) is 0 Å². The van der Waals surface area contributed by atoms with Crippen molar-refractivity contribution in [3.63, 3.8) is 0 Å². The van der Waals surface area contributed by atoms with Crippen LogP contribution < -0.4 is 0 Å². The molecule has 20 heavy (non-hydrogen) atoms. The standard InChI is InChI=1S/C19H26.Na.H/c1-2-3-4-5-6-7-8-12-17-14-11-15-18-13-9-10-16-19(17)18;;/h9-11,13-16H,2-8,12H2,1H3;;. The maximum atomic E-state index is 2.29. The Morgan fingerprint density at radius 1 is 0.700 bits per heavy atom. The molecule has 0 spiro atoms. The molecule has 0 amide bonds. The summed E-state index contributed by atoms with van der Waals surface area (Å²) in [6.45, 7) is 2.28. The van der Waals surface area contributed by atoms with Gasteiger partial charge in [0.15, 0.2) is 0 Å². The Morgan fingerprint density at radius 3 is 2.15 bits per heavy atom. The predicted molar refractivity (Wildman–Crippen MR) is 92.8 cm³/mol.